The number of hydrogen-bond donors (Lipinski definition) is 0. The van der Waals surface area contributed by atoms with Crippen molar-refractivity contribution in [3.8, 4) is 0 Å². The molecule has 0 bridgehead atoms. The van der Waals surface area contributed by atoms with E-state index in [0.29, 0.717) is 24.8 Å². The van der Waals surface area contributed by atoms with Gasteiger partial charge in [0.15, 0.2) is 0 Å². The Morgan fingerprint density at radius 1 is 1.05 bits per heavy atom. The molecular weight excluding hydrogens is 302 g/mol. The van der Waals surface area contributed by atoms with Crippen LogP contribution in [0.2, 0.25) is 5.02 Å². The van der Waals surface area contributed by atoms with Gasteiger partial charge in [0.2, 0.25) is 0 Å². The summed E-state index contributed by atoms with van der Waals surface area (Å²) >= 11 is 5.92. The summed E-state index contributed by atoms with van der Waals surface area (Å²) in [5.41, 5.74) is 2.62. The van der Waals surface area contributed by atoms with Crippen LogP contribution in [0, 0.1) is 0 Å². The molecule has 22 heavy (non-hydrogen) atoms. The molecular formula is C17H14ClNO3. The minimum absolute atomic E-state index is 0.166. The van der Waals surface area contributed by atoms with Crippen LogP contribution < -0.4 is 4.90 Å². The summed E-state index contributed by atoms with van der Waals surface area (Å²) in [7, 11) is 0. The largest absolute Gasteiger partial charge is 0.336 e. The Balaban J connectivity index is 1.74. The van der Waals surface area contributed by atoms with Crippen LogP contribution in [0.25, 0.3) is 0 Å². The lowest BCUT2D eigenvalue weighted by Crippen LogP contribution is -2.40. The van der Waals surface area contributed by atoms with E-state index in [2.05, 4.69) is 0 Å². The lowest BCUT2D eigenvalue weighted by Gasteiger charge is -2.22. The fourth-order valence-electron chi connectivity index (χ4n) is 3.01. The monoisotopic (exact) mass is 315 g/mol. The topological polar surface area (TPSA) is 38.8 Å². The van der Waals surface area contributed by atoms with Crippen molar-refractivity contribution < 1.29 is 14.3 Å². The van der Waals surface area contributed by atoms with Gasteiger partial charge in [0.25, 0.3) is 11.7 Å². The molecule has 4 nitrogen and oxygen atoms in total. The van der Waals surface area contributed by atoms with Crippen molar-refractivity contribution in [2.45, 2.75) is 12.3 Å². The molecule has 1 spiro atoms. The maximum atomic E-state index is 12.9. The molecule has 0 unspecified atom stereocenters. The van der Waals surface area contributed by atoms with Crippen LogP contribution in [0.3, 0.4) is 0 Å². The van der Waals surface area contributed by atoms with Crippen LogP contribution in [-0.4, -0.2) is 19.1 Å². The fourth-order valence-corrected chi connectivity index (χ4v) is 3.14. The highest BCUT2D eigenvalue weighted by Gasteiger charge is 2.55. The SMILES string of the molecule is O=C1N(Cc2ccc(Cl)cc2)c2ccccc2C12OCCO2. The van der Waals surface area contributed by atoms with Gasteiger partial charge in [-0.05, 0) is 23.8 Å². The van der Waals surface area contributed by atoms with E-state index >= 15 is 0 Å². The highest BCUT2D eigenvalue weighted by atomic mass is 35.5. The molecule has 0 saturated carbocycles. The molecule has 2 heterocycles. The van der Waals surface area contributed by atoms with Crippen LogP contribution in [-0.2, 0) is 26.6 Å². The molecule has 2 aliphatic rings. The van der Waals surface area contributed by atoms with Crippen LogP contribution in [0.1, 0.15) is 11.1 Å². The molecule has 0 radical (unpaired) electrons. The summed E-state index contributed by atoms with van der Waals surface area (Å²) in [4.78, 5) is 14.6. The minimum Gasteiger partial charge on any atom is -0.336 e. The number of fused-ring (bicyclic) bond motifs is 2. The van der Waals surface area contributed by atoms with Gasteiger partial charge >= 0.3 is 0 Å². The smallest absolute Gasteiger partial charge is 0.292 e. The number of nitrogens with zero attached hydrogens (tertiary/aromatic N) is 1. The summed E-state index contributed by atoms with van der Waals surface area (Å²) < 4.78 is 11.4. The van der Waals surface area contributed by atoms with Gasteiger partial charge < -0.3 is 14.4 Å². The average molecular weight is 316 g/mol. The number of hydrogen-bond acceptors (Lipinski definition) is 3. The van der Waals surface area contributed by atoms with Crippen molar-refractivity contribution in [1.29, 1.82) is 0 Å². The van der Waals surface area contributed by atoms with E-state index in [9.17, 15) is 4.79 Å². The molecule has 4 rings (SSSR count). The Morgan fingerprint density at radius 2 is 1.73 bits per heavy atom. The Hall–Kier alpha value is -1.88. The molecule has 2 aromatic rings. The number of benzene rings is 2. The second-order valence-electron chi connectivity index (χ2n) is 5.35. The molecule has 5 heteroatoms. The van der Waals surface area contributed by atoms with Gasteiger partial charge in [-0.15, -0.1) is 0 Å². The van der Waals surface area contributed by atoms with Gasteiger partial charge in [-0.2, -0.15) is 0 Å². The second kappa shape index (κ2) is 5.09. The third-order valence-corrected chi connectivity index (χ3v) is 4.28. The molecule has 1 amide bonds. The third-order valence-electron chi connectivity index (χ3n) is 4.02. The quantitative estimate of drug-likeness (QED) is 0.855. The minimum atomic E-state index is -1.26. The zero-order chi connectivity index (χ0) is 15.2. The van der Waals surface area contributed by atoms with E-state index < -0.39 is 5.79 Å². The van der Waals surface area contributed by atoms with Gasteiger partial charge in [0, 0.05) is 10.6 Å². The van der Waals surface area contributed by atoms with Crippen molar-refractivity contribution in [3.05, 3.63) is 64.7 Å². The molecule has 0 aromatic heterocycles. The summed E-state index contributed by atoms with van der Waals surface area (Å²) in [5, 5.41) is 0.677. The second-order valence-corrected chi connectivity index (χ2v) is 5.78. The first-order chi connectivity index (χ1) is 10.7. The number of rotatable bonds is 2. The molecule has 1 saturated heterocycles. The number of para-hydroxylation sites is 1. The van der Waals surface area contributed by atoms with Crippen molar-refractivity contribution >= 4 is 23.2 Å². The number of carbonyl (C=O) groups is 1. The molecule has 112 valence electrons. The van der Waals surface area contributed by atoms with E-state index in [4.69, 9.17) is 21.1 Å². The highest BCUT2D eigenvalue weighted by molar-refractivity contribution is 6.30. The summed E-state index contributed by atoms with van der Waals surface area (Å²) in [5.74, 6) is -1.43. The summed E-state index contributed by atoms with van der Waals surface area (Å²) in [6, 6.07) is 15.1. The van der Waals surface area contributed by atoms with Crippen LogP contribution in [0.5, 0.6) is 0 Å². The average Bonchev–Trinajstić information content (AvgIpc) is 3.11. The van der Waals surface area contributed by atoms with Gasteiger partial charge in [-0.25, -0.2) is 0 Å². The van der Waals surface area contributed by atoms with E-state index in [1.807, 2.05) is 48.5 Å². The maximum absolute atomic E-state index is 12.9. The number of anilines is 1. The van der Waals surface area contributed by atoms with E-state index in [1.54, 1.807) is 4.90 Å². The molecule has 2 aliphatic heterocycles. The Labute approximate surface area is 133 Å². The van der Waals surface area contributed by atoms with Gasteiger partial charge in [0.1, 0.15) is 0 Å². The van der Waals surface area contributed by atoms with Gasteiger partial charge in [0.05, 0.1) is 25.4 Å². The normalized spacial score (nSPS) is 19.0. The molecule has 0 atom stereocenters. The number of ether oxygens (including phenoxy) is 2. The van der Waals surface area contributed by atoms with Crippen LogP contribution >= 0.6 is 11.6 Å². The van der Waals surface area contributed by atoms with E-state index in [-0.39, 0.29) is 5.91 Å². The van der Waals surface area contributed by atoms with E-state index in [1.165, 1.54) is 0 Å². The number of carbonyl (C=O) groups excluding carboxylic acids is 1. The zero-order valence-electron chi connectivity index (χ0n) is 11.8. The third kappa shape index (κ3) is 1.96. The molecule has 0 N–H and O–H groups in total. The van der Waals surface area contributed by atoms with Gasteiger partial charge in [-0.1, -0.05) is 41.9 Å². The Morgan fingerprint density at radius 3 is 2.45 bits per heavy atom. The Kier molecular flexibility index (Phi) is 3.18. The predicted octanol–water partition coefficient (Wildman–Crippen LogP) is 3.09. The van der Waals surface area contributed by atoms with Crippen LogP contribution in [0.4, 0.5) is 5.69 Å². The maximum Gasteiger partial charge on any atom is 0.292 e. The number of amides is 1. The summed E-state index contributed by atoms with van der Waals surface area (Å²) in [6.07, 6.45) is 0. The van der Waals surface area contributed by atoms with Crippen molar-refractivity contribution in [2.75, 3.05) is 18.1 Å². The zero-order valence-corrected chi connectivity index (χ0v) is 12.5. The number of halogens is 1. The van der Waals surface area contributed by atoms with Crippen molar-refractivity contribution in [2.24, 2.45) is 0 Å². The van der Waals surface area contributed by atoms with Crippen molar-refractivity contribution in [3.63, 3.8) is 0 Å². The Bertz CT molecular complexity index is 723. The fraction of sp³-hybridized carbons (Fsp3) is 0.235. The van der Waals surface area contributed by atoms with E-state index in [0.717, 1.165) is 16.8 Å². The summed E-state index contributed by atoms with van der Waals surface area (Å²) in [6.45, 7) is 1.31. The predicted molar refractivity (Wildman–Crippen MR) is 82.7 cm³/mol. The lowest BCUT2D eigenvalue weighted by molar-refractivity contribution is -0.180. The molecule has 1 fully saturated rings. The molecule has 2 aromatic carbocycles. The lowest BCUT2D eigenvalue weighted by atomic mass is 10.1. The first-order valence-corrected chi connectivity index (χ1v) is 7.52. The van der Waals surface area contributed by atoms with Gasteiger partial charge in [-0.3, -0.25) is 4.79 Å². The van der Waals surface area contributed by atoms with Crippen LogP contribution in [0.15, 0.2) is 48.5 Å². The standard InChI is InChI=1S/C17H14ClNO3/c18-13-7-5-12(6-8-13)11-19-15-4-2-1-3-14(15)17(16(19)20)21-9-10-22-17/h1-8H,9-11H2. The first-order valence-electron chi connectivity index (χ1n) is 7.14. The highest BCUT2D eigenvalue weighted by Crippen LogP contribution is 2.46. The molecule has 0 aliphatic carbocycles. The van der Waals surface area contributed by atoms with Crippen molar-refractivity contribution in [1.82, 2.24) is 0 Å². The first kappa shape index (κ1) is 13.8.